The largest absolute Gasteiger partial charge is 0.410 e. The summed E-state index contributed by atoms with van der Waals surface area (Å²) < 4.78 is 13.6. The van der Waals surface area contributed by atoms with Crippen LogP contribution in [-0.4, -0.2) is 40.8 Å². The highest BCUT2D eigenvalue weighted by molar-refractivity contribution is 6.41. The first-order valence-electron chi connectivity index (χ1n) is 6.18. The van der Waals surface area contributed by atoms with Gasteiger partial charge in [0, 0.05) is 20.3 Å². The Kier molecular flexibility index (Phi) is 4.19. The molecular weight excluding hydrogens is 206 g/mol. The fourth-order valence-corrected chi connectivity index (χ4v) is 5.12. The summed E-state index contributed by atoms with van der Waals surface area (Å²) in [6, 6.07) is 0.768. The van der Waals surface area contributed by atoms with E-state index in [-0.39, 0.29) is 0 Å². The van der Waals surface area contributed by atoms with Crippen molar-refractivity contribution in [1.82, 2.24) is 4.57 Å². The van der Waals surface area contributed by atoms with Crippen LogP contribution in [0.2, 0.25) is 0 Å². The number of nitrogens with zero attached hydrogens (tertiary/aromatic N) is 1. The second kappa shape index (κ2) is 5.43. The van der Waals surface area contributed by atoms with Gasteiger partial charge in [-0.3, -0.25) is 4.57 Å². The van der Waals surface area contributed by atoms with Gasteiger partial charge in [0.15, 0.2) is 0 Å². The predicted molar refractivity (Wildman–Crippen MR) is 62.9 cm³/mol. The minimum atomic E-state index is -1.53. The molecule has 2 aliphatic rings. The average molecular weight is 229 g/mol. The summed E-state index contributed by atoms with van der Waals surface area (Å²) >= 11 is 0. The van der Waals surface area contributed by atoms with Gasteiger partial charge in [0.25, 0.3) is 0 Å². The van der Waals surface area contributed by atoms with Gasteiger partial charge in [-0.25, -0.2) is 0 Å². The SMILES string of the molecule is CO[SiH](OC)N1CCC[C@@H]2CCCC[C@H]21. The van der Waals surface area contributed by atoms with Crippen LogP contribution in [0.15, 0.2) is 0 Å². The van der Waals surface area contributed by atoms with Crippen molar-refractivity contribution < 1.29 is 8.85 Å². The van der Waals surface area contributed by atoms with Crippen molar-refractivity contribution in [2.45, 2.75) is 44.6 Å². The van der Waals surface area contributed by atoms with Crippen LogP contribution in [0.25, 0.3) is 0 Å². The minimum absolute atomic E-state index is 0.768. The van der Waals surface area contributed by atoms with E-state index in [0.29, 0.717) is 0 Å². The molecule has 0 unspecified atom stereocenters. The van der Waals surface area contributed by atoms with Gasteiger partial charge in [-0.1, -0.05) is 12.8 Å². The Labute approximate surface area is 94.7 Å². The molecule has 0 aromatic heterocycles. The smallest absolute Gasteiger partial charge is 0.388 e. The van der Waals surface area contributed by atoms with Crippen LogP contribution in [-0.2, 0) is 8.85 Å². The summed E-state index contributed by atoms with van der Waals surface area (Å²) in [5.74, 6) is 0.924. The van der Waals surface area contributed by atoms with E-state index in [4.69, 9.17) is 8.85 Å². The lowest BCUT2D eigenvalue weighted by Crippen LogP contribution is -2.55. The van der Waals surface area contributed by atoms with E-state index in [2.05, 4.69) is 4.57 Å². The van der Waals surface area contributed by atoms with E-state index in [9.17, 15) is 0 Å². The molecule has 0 aromatic rings. The lowest BCUT2D eigenvalue weighted by molar-refractivity contribution is 0.0781. The van der Waals surface area contributed by atoms with E-state index in [1.807, 2.05) is 0 Å². The van der Waals surface area contributed by atoms with Crippen LogP contribution in [0, 0.1) is 5.92 Å². The average Bonchev–Trinajstić information content (AvgIpc) is 2.31. The van der Waals surface area contributed by atoms with Gasteiger partial charge in [0.2, 0.25) is 0 Å². The molecular formula is C11H23NO2Si. The Balaban J connectivity index is 2.02. The molecule has 0 aromatic carbocycles. The zero-order chi connectivity index (χ0) is 10.7. The Bertz CT molecular complexity index is 197. The summed E-state index contributed by atoms with van der Waals surface area (Å²) in [6.45, 7) is 1.19. The van der Waals surface area contributed by atoms with Crippen LogP contribution < -0.4 is 0 Å². The summed E-state index contributed by atoms with van der Waals surface area (Å²) in [4.78, 5) is 0. The molecule has 1 heterocycles. The van der Waals surface area contributed by atoms with Crippen molar-refractivity contribution in [3.05, 3.63) is 0 Å². The van der Waals surface area contributed by atoms with Crippen LogP contribution in [0.3, 0.4) is 0 Å². The lowest BCUT2D eigenvalue weighted by Gasteiger charge is -2.45. The van der Waals surface area contributed by atoms with Crippen molar-refractivity contribution in [2.75, 3.05) is 20.8 Å². The third kappa shape index (κ3) is 2.44. The summed E-state index contributed by atoms with van der Waals surface area (Å²) in [5, 5.41) is 0. The van der Waals surface area contributed by atoms with Crippen LogP contribution in [0.1, 0.15) is 38.5 Å². The van der Waals surface area contributed by atoms with E-state index in [1.54, 1.807) is 14.2 Å². The molecule has 2 atom stereocenters. The molecule has 1 saturated carbocycles. The monoisotopic (exact) mass is 229 g/mol. The third-order valence-corrected chi connectivity index (χ3v) is 5.95. The molecule has 1 aliphatic carbocycles. The van der Waals surface area contributed by atoms with E-state index in [0.717, 1.165) is 12.0 Å². The van der Waals surface area contributed by atoms with Crippen molar-refractivity contribution in [3.8, 4) is 0 Å². The van der Waals surface area contributed by atoms with Gasteiger partial charge in [-0.15, -0.1) is 0 Å². The summed E-state index contributed by atoms with van der Waals surface area (Å²) in [7, 11) is 2.06. The highest BCUT2D eigenvalue weighted by Crippen LogP contribution is 2.35. The highest BCUT2D eigenvalue weighted by Gasteiger charge is 2.38. The fourth-order valence-electron chi connectivity index (χ4n) is 3.29. The topological polar surface area (TPSA) is 21.7 Å². The molecule has 88 valence electrons. The zero-order valence-corrected chi connectivity index (χ0v) is 11.1. The van der Waals surface area contributed by atoms with Gasteiger partial charge < -0.3 is 8.85 Å². The summed E-state index contributed by atoms with van der Waals surface area (Å²) in [6.07, 6.45) is 8.37. The molecule has 2 fully saturated rings. The highest BCUT2D eigenvalue weighted by atomic mass is 28.3. The molecule has 0 radical (unpaired) electrons. The van der Waals surface area contributed by atoms with Crippen LogP contribution in [0.5, 0.6) is 0 Å². The maximum atomic E-state index is 5.53. The Morgan fingerprint density at radius 2 is 1.67 bits per heavy atom. The van der Waals surface area contributed by atoms with Gasteiger partial charge in [0.05, 0.1) is 0 Å². The number of rotatable bonds is 3. The Morgan fingerprint density at radius 1 is 1.00 bits per heavy atom. The van der Waals surface area contributed by atoms with Crippen molar-refractivity contribution in [2.24, 2.45) is 5.92 Å². The van der Waals surface area contributed by atoms with Crippen LogP contribution >= 0.6 is 0 Å². The molecule has 3 nitrogen and oxygen atoms in total. The predicted octanol–water partition coefficient (Wildman–Crippen LogP) is 1.65. The first kappa shape index (κ1) is 11.6. The van der Waals surface area contributed by atoms with Gasteiger partial charge in [0.1, 0.15) is 0 Å². The first-order chi connectivity index (χ1) is 7.36. The third-order valence-electron chi connectivity index (χ3n) is 3.96. The quantitative estimate of drug-likeness (QED) is 0.687. The van der Waals surface area contributed by atoms with Gasteiger partial charge in [-0.05, 0) is 38.1 Å². The second-order valence-corrected chi connectivity index (χ2v) is 6.99. The van der Waals surface area contributed by atoms with E-state index >= 15 is 0 Å². The molecule has 0 N–H and O–H groups in total. The minimum Gasteiger partial charge on any atom is -0.388 e. The standard InChI is InChI=1S/C11H23NO2Si/c1-13-15(14-2)12-9-5-7-10-6-3-4-8-11(10)12/h10-11,15H,3-9H2,1-2H3/t10-,11+/m0/s1. The lowest BCUT2D eigenvalue weighted by atomic mass is 9.79. The second-order valence-electron chi connectivity index (χ2n) is 4.77. The zero-order valence-electron chi connectivity index (χ0n) is 9.95. The number of fused-ring (bicyclic) bond motifs is 1. The number of hydrogen-bond donors (Lipinski definition) is 0. The van der Waals surface area contributed by atoms with Crippen LogP contribution in [0.4, 0.5) is 0 Å². The van der Waals surface area contributed by atoms with Gasteiger partial charge >= 0.3 is 9.45 Å². The molecule has 4 heteroatoms. The fraction of sp³-hybridized carbons (Fsp3) is 1.00. The molecule has 1 aliphatic heterocycles. The van der Waals surface area contributed by atoms with Gasteiger partial charge in [-0.2, -0.15) is 0 Å². The Hall–Kier alpha value is 0.0969. The van der Waals surface area contributed by atoms with Crippen molar-refractivity contribution in [1.29, 1.82) is 0 Å². The molecule has 0 spiro atoms. The number of piperidine rings is 1. The maximum absolute atomic E-state index is 5.53. The maximum Gasteiger partial charge on any atom is 0.410 e. The molecule has 0 amide bonds. The van der Waals surface area contributed by atoms with Crippen molar-refractivity contribution in [3.63, 3.8) is 0 Å². The Morgan fingerprint density at radius 3 is 2.40 bits per heavy atom. The molecule has 0 bridgehead atoms. The molecule has 2 rings (SSSR count). The number of hydrogen-bond acceptors (Lipinski definition) is 3. The summed E-state index contributed by atoms with van der Waals surface area (Å²) in [5.41, 5.74) is 0. The van der Waals surface area contributed by atoms with E-state index in [1.165, 1.54) is 45.1 Å². The molecule has 15 heavy (non-hydrogen) atoms. The first-order valence-corrected chi connectivity index (χ1v) is 7.64. The normalized spacial score (nSPS) is 33.0. The van der Waals surface area contributed by atoms with Crippen molar-refractivity contribution >= 4 is 9.45 Å². The van der Waals surface area contributed by atoms with E-state index < -0.39 is 9.45 Å². The molecule has 1 saturated heterocycles.